The van der Waals surface area contributed by atoms with Gasteiger partial charge in [-0.2, -0.15) is 4.98 Å². The molecule has 0 bridgehead atoms. The van der Waals surface area contributed by atoms with Crippen LogP contribution in [0.15, 0.2) is 9.52 Å². The Balaban J connectivity index is 1.62. The molecule has 0 aromatic carbocycles. The molecule has 0 spiro atoms. The summed E-state index contributed by atoms with van der Waals surface area (Å²) in [5.41, 5.74) is 0. The van der Waals surface area contributed by atoms with Crippen LogP contribution in [0.3, 0.4) is 0 Å². The van der Waals surface area contributed by atoms with Crippen molar-refractivity contribution in [2.75, 3.05) is 26.3 Å². The Morgan fingerprint density at radius 2 is 2.29 bits per heavy atom. The number of hydrogen-bond acceptors (Lipinski definition) is 5. The third-order valence-electron chi connectivity index (χ3n) is 3.10. The highest BCUT2D eigenvalue weighted by atomic mass is 16.5. The normalized spacial score (nSPS) is 15.2. The van der Waals surface area contributed by atoms with E-state index in [-0.39, 0.29) is 0 Å². The van der Waals surface area contributed by atoms with Gasteiger partial charge in [-0.3, -0.25) is 0 Å². The van der Waals surface area contributed by atoms with Crippen molar-refractivity contribution in [3.05, 3.63) is 11.7 Å². The summed E-state index contributed by atoms with van der Waals surface area (Å²) in [4.78, 5) is 8.55. The fourth-order valence-electron chi connectivity index (χ4n) is 1.81. The second-order valence-electron chi connectivity index (χ2n) is 5.22. The highest BCUT2D eigenvalue weighted by Crippen LogP contribution is 2.28. The Morgan fingerprint density at radius 3 is 2.95 bits per heavy atom. The lowest BCUT2D eigenvalue weighted by Gasteiger charge is -2.10. The molecule has 0 radical (unpaired) electrons. The summed E-state index contributed by atoms with van der Waals surface area (Å²) in [7, 11) is 0. The minimum atomic E-state index is 0.408. The van der Waals surface area contributed by atoms with E-state index in [1.807, 2.05) is 6.92 Å². The lowest BCUT2D eigenvalue weighted by molar-refractivity contribution is 0.123. The second kappa shape index (κ2) is 8.61. The van der Waals surface area contributed by atoms with Crippen molar-refractivity contribution in [2.24, 2.45) is 10.9 Å². The van der Waals surface area contributed by atoms with Crippen molar-refractivity contribution in [1.29, 1.82) is 0 Å². The number of hydrogen-bond donors (Lipinski definition) is 2. The molecule has 0 atom stereocenters. The van der Waals surface area contributed by atoms with Crippen LogP contribution in [0.5, 0.6) is 0 Å². The van der Waals surface area contributed by atoms with Crippen molar-refractivity contribution in [3.63, 3.8) is 0 Å². The van der Waals surface area contributed by atoms with Gasteiger partial charge < -0.3 is 19.9 Å². The van der Waals surface area contributed by atoms with Crippen molar-refractivity contribution in [2.45, 2.75) is 39.7 Å². The van der Waals surface area contributed by atoms with E-state index in [0.717, 1.165) is 44.6 Å². The van der Waals surface area contributed by atoms with Gasteiger partial charge in [0.15, 0.2) is 11.8 Å². The Morgan fingerprint density at radius 1 is 1.43 bits per heavy atom. The number of aliphatic imine (C=N–C) groups is 1. The molecule has 2 rings (SSSR count). The summed E-state index contributed by atoms with van der Waals surface area (Å²) < 4.78 is 10.5. The predicted molar refractivity (Wildman–Crippen MR) is 80.0 cm³/mol. The van der Waals surface area contributed by atoms with Crippen LogP contribution in [0, 0.1) is 12.8 Å². The molecule has 1 saturated carbocycles. The zero-order chi connectivity index (χ0) is 14.9. The number of nitrogens with one attached hydrogen (secondary N) is 2. The van der Waals surface area contributed by atoms with E-state index in [0.29, 0.717) is 18.3 Å². The zero-order valence-electron chi connectivity index (χ0n) is 12.9. The van der Waals surface area contributed by atoms with Gasteiger partial charge in [0, 0.05) is 33.2 Å². The number of aryl methyl sites for hydroxylation is 1. The number of aromatic nitrogens is 2. The maximum Gasteiger partial charge on any atom is 0.223 e. The number of rotatable bonds is 9. The van der Waals surface area contributed by atoms with Gasteiger partial charge in [0.2, 0.25) is 5.89 Å². The fraction of sp³-hybridized carbons (Fsp3) is 0.786. The average Bonchev–Trinajstić information content (AvgIpc) is 3.21. The van der Waals surface area contributed by atoms with E-state index in [1.165, 1.54) is 12.8 Å². The molecule has 1 aliphatic carbocycles. The summed E-state index contributed by atoms with van der Waals surface area (Å²) in [6.45, 7) is 7.58. The predicted octanol–water partition coefficient (Wildman–Crippen LogP) is 1.25. The van der Waals surface area contributed by atoms with Crippen LogP contribution in [0.2, 0.25) is 0 Å². The quantitative estimate of drug-likeness (QED) is 0.405. The molecule has 118 valence electrons. The highest BCUT2D eigenvalue weighted by molar-refractivity contribution is 5.79. The molecule has 0 aliphatic heterocycles. The van der Waals surface area contributed by atoms with Crippen LogP contribution in [0.25, 0.3) is 0 Å². The van der Waals surface area contributed by atoms with Gasteiger partial charge in [0.25, 0.3) is 0 Å². The first-order valence-electron chi connectivity index (χ1n) is 7.67. The van der Waals surface area contributed by atoms with Gasteiger partial charge in [0.05, 0.1) is 0 Å². The van der Waals surface area contributed by atoms with Crippen LogP contribution in [0.1, 0.15) is 37.9 Å². The average molecular weight is 295 g/mol. The summed E-state index contributed by atoms with van der Waals surface area (Å²) in [6, 6.07) is 0. The molecular formula is C14H25N5O2. The first-order chi connectivity index (χ1) is 10.3. The smallest absolute Gasteiger partial charge is 0.223 e. The van der Waals surface area contributed by atoms with Gasteiger partial charge in [0.1, 0.15) is 6.54 Å². The highest BCUT2D eigenvalue weighted by Gasteiger charge is 2.20. The summed E-state index contributed by atoms with van der Waals surface area (Å²) in [6.07, 6.45) is 3.65. The third kappa shape index (κ3) is 6.57. The van der Waals surface area contributed by atoms with E-state index in [9.17, 15) is 0 Å². The molecule has 21 heavy (non-hydrogen) atoms. The largest absolute Gasteiger partial charge is 0.381 e. The summed E-state index contributed by atoms with van der Waals surface area (Å²) in [5.74, 6) is 2.75. The van der Waals surface area contributed by atoms with Gasteiger partial charge in [-0.05, 0) is 32.1 Å². The first kappa shape index (κ1) is 15.8. The van der Waals surface area contributed by atoms with E-state index < -0.39 is 0 Å². The fourth-order valence-corrected chi connectivity index (χ4v) is 1.81. The van der Waals surface area contributed by atoms with E-state index >= 15 is 0 Å². The van der Waals surface area contributed by atoms with Crippen LogP contribution in [-0.2, 0) is 11.3 Å². The minimum Gasteiger partial charge on any atom is -0.381 e. The number of ether oxygens (including phenoxy) is 1. The summed E-state index contributed by atoms with van der Waals surface area (Å²) >= 11 is 0. The van der Waals surface area contributed by atoms with Gasteiger partial charge in [-0.1, -0.05) is 5.16 Å². The van der Waals surface area contributed by atoms with Gasteiger partial charge >= 0.3 is 0 Å². The standard InChI is InChI=1S/C14H25N5O2/c1-3-15-14(17-9-13-18-11(2)21-19-13)16-7-4-8-20-10-12-5-6-12/h12H,3-10H2,1-2H3,(H2,15,16,17). The Bertz CT molecular complexity index is 442. The number of guanidine groups is 1. The molecule has 1 aromatic rings. The Hall–Kier alpha value is -1.63. The van der Waals surface area contributed by atoms with Gasteiger partial charge in [-0.25, -0.2) is 4.99 Å². The maximum atomic E-state index is 5.60. The van der Waals surface area contributed by atoms with Gasteiger partial charge in [-0.15, -0.1) is 0 Å². The number of nitrogens with zero attached hydrogens (tertiary/aromatic N) is 3. The van der Waals surface area contributed by atoms with Crippen LogP contribution >= 0.6 is 0 Å². The molecule has 1 heterocycles. The molecule has 7 heteroatoms. The van der Waals surface area contributed by atoms with Crippen molar-refractivity contribution < 1.29 is 9.26 Å². The lowest BCUT2D eigenvalue weighted by atomic mass is 10.4. The molecule has 0 unspecified atom stereocenters. The summed E-state index contributed by atoms with van der Waals surface area (Å²) in [5, 5.41) is 10.3. The van der Waals surface area contributed by atoms with Crippen molar-refractivity contribution >= 4 is 5.96 Å². The molecular weight excluding hydrogens is 270 g/mol. The Labute approximate surface area is 125 Å². The lowest BCUT2D eigenvalue weighted by Crippen LogP contribution is -2.38. The monoisotopic (exact) mass is 295 g/mol. The topological polar surface area (TPSA) is 84.6 Å². The molecule has 0 saturated heterocycles. The van der Waals surface area contributed by atoms with Crippen LogP contribution < -0.4 is 10.6 Å². The molecule has 0 amide bonds. The molecule has 1 fully saturated rings. The minimum absolute atomic E-state index is 0.408. The SMILES string of the molecule is CCNC(=NCc1noc(C)n1)NCCCOCC1CC1. The second-order valence-corrected chi connectivity index (χ2v) is 5.22. The van der Waals surface area contributed by atoms with Crippen molar-refractivity contribution in [3.8, 4) is 0 Å². The zero-order valence-corrected chi connectivity index (χ0v) is 12.9. The van der Waals surface area contributed by atoms with Crippen molar-refractivity contribution in [1.82, 2.24) is 20.8 Å². The molecule has 7 nitrogen and oxygen atoms in total. The van der Waals surface area contributed by atoms with E-state index in [1.54, 1.807) is 6.92 Å². The third-order valence-corrected chi connectivity index (χ3v) is 3.10. The van der Waals surface area contributed by atoms with E-state index in [2.05, 4.69) is 25.8 Å². The molecule has 2 N–H and O–H groups in total. The molecule has 1 aliphatic rings. The van der Waals surface area contributed by atoms with E-state index in [4.69, 9.17) is 9.26 Å². The first-order valence-corrected chi connectivity index (χ1v) is 7.67. The van der Waals surface area contributed by atoms with Crippen LogP contribution in [0.4, 0.5) is 0 Å². The Kier molecular flexibility index (Phi) is 6.46. The maximum absolute atomic E-state index is 5.60. The molecule has 1 aromatic heterocycles. The van der Waals surface area contributed by atoms with Crippen LogP contribution in [-0.4, -0.2) is 42.4 Å².